The first-order chi connectivity index (χ1) is 4.89. The Kier molecular flexibility index (Phi) is 4.04. The predicted molar refractivity (Wildman–Crippen MR) is 48.9 cm³/mol. The number of likely N-dealkylation sites (N-methyl/N-ethyl adjacent to an activating group) is 1. The molecule has 0 saturated heterocycles. The van der Waals surface area contributed by atoms with Crippen LogP contribution in [0.2, 0.25) is 0 Å². The fourth-order valence-electron chi connectivity index (χ4n) is 1.01. The first kappa shape index (κ1) is 10.9. The van der Waals surface area contributed by atoms with Crippen molar-refractivity contribution in [3.8, 4) is 0 Å². The van der Waals surface area contributed by atoms with Gasteiger partial charge in [-0.2, -0.15) is 0 Å². The molecule has 2 heteroatoms. The molecule has 0 aliphatic rings. The maximum Gasteiger partial charge on any atom is 0.0615 e. The summed E-state index contributed by atoms with van der Waals surface area (Å²) in [7, 11) is 3.87. The minimum atomic E-state index is 0.234. The van der Waals surface area contributed by atoms with E-state index in [0.29, 0.717) is 6.04 Å². The van der Waals surface area contributed by atoms with Crippen molar-refractivity contribution < 1.29 is 4.74 Å². The topological polar surface area (TPSA) is 12.5 Å². The first-order valence-corrected chi connectivity index (χ1v) is 4.11. The molecule has 0 N–H and O–H groups in total. The molecule has 0 radical (unpaired) electrons. The molecule has 0 aromatic heterocycles. The summed E-state index contributed by atoms with van der Waals surface area (Å²) in [6, 6.07) is 0.486. The fourth-order valence-corrected chi connectivity index (χ4v) is 1.01. The van der Waals surface area contributed by atoms with Crippen molar-refractivity contribution in [2.45, 2.75) is 39.3 Å². The van der Waals surface area contributed by atoms with Crippen LogP contribution in [0.25, 0.3) is 0 Å². The molecular weight excluding hydrogens is 138 g/mol. The molecule has 0 bridgehead atoms. The lowest BCUT2D eigenvalue weighted by molar-refractivity contribution is 0.0614. The summed E-state index contributed by atoms with van der Waals surface area (Å²) in [6.07, 6.45) is 0. The van der Waals surface area contributed by atoms with Crippen molar-refractivity contribution in [2.24, 2.45) is 0 Å². The van der Waals surface area contributed by atoms with Gasteiger partial charge in [0.15, 0.2) is 0 Å². The molecule has 0 spiro atoms. The zero-order valence-electron chi connectivity index (χ0n) is 8.64. The second kappa shape index (κ2) is 4.07. The lowest BCUT2D eigenvalue weighted by Crippen LogP contribution is -2.45. The average Bonchev–Trinajstić information content (AvgIpc) is 1.85. The van der Waals surface area contributed by atoms with Crippen molar-refractivity contribution in [1.82, 2.24) is 4.90 Å². The van der Waals surface area contributed by atoms with Crippen molar-refractivity contribution in [2.75, 3.05) is 20.8 Å². The van der Waals surface area contributed by atoms with Gasteiger partial charge in [-0.1, -0.05) is 0 Å². The van der Waals surface area contributed by atoms with Gasteiger partial charge in [-0.25, -0.2) is 0 Å². The van der Waals surface area contributed by atoms with E-state index in [1.165, 1.54) is 0 Å². The predicted octanol–water partition coefficient (Wildman–Crippen LogP) is 1.75. The number of ether oxygens (including phenoxy) is 1. The summed E-state index contributed by atoms with van der Waals surface area (Å²) in [4.78, 5) is 2.32. The molecule has 1 atom stereocenters. The Morgan fingerprint density at radius 2 is 1.82 bits per heavy atom. The highest BCUT2D eigenvalue weighted by Crippen LogP contribution is 2.13. The van der Waals surface area contributed by atoms with E-state index in [9.17, 15) is 0 Å². The smallest absolute Gasteiger partial charge is 0.0615 e. The van der Waals surface area contributed by atoms with Crippen LogP contribution in [0.15, 0.2) is 0 Å². The van der Waals surface area contributed by atoms with Crippen LogP contribution in [-0.2, 0) is 4.74 Å². The largest absolute Gasteiger partial charge is 0.383 e. The third kappa shape index (κ3) is 3.73. The van der Waals surface area contributed by atoms with Crippen molar-refractivity contribution in [1.29, 1.82) is 0 Å². The monoisotopic (exact) mass is 159 g/mol. The molecule has 11 heavy (non-hydrogen) atoms. The molecule has 0 fully saturated rings. The summed E-state index contributed by atoms with van der Waals surface area (Å²) in [5.74, 6) is 0. The van der Waals surface area contributed by atoms with Crippen LogP contribution in [0.1, 0.15) is 27.7 Å². The van der Waals surface area contributed by atoms with E-state index in [1.807, 2.05) is 0 Å². The second-order valence-corrected chi connectivity index (χ2v) is 4.09. The van der Waals surface area contributed by atoms with E-state index in [-0.39, 0.29) is 5.54 Å². The van der Waals surface area contributed by atoms with E-state index in [4.69, 9.17) is 4.74 Å². The lowest BCUT2D eigenvalue weighted by atomic mass is 10.1. The molecule has 0 aliphatic carbocycles. The highest BCUT2D eigenvalue weighted by atomic mass is 16.5. The van der Waals surface area contributed by atoms with Gasteiger partial charge < -0.3 is 4.74 Å². The molecule has 0 rings (SSSR count). The van der Waals surface area contributed by atoms with Crippen molar-refractivity contribution in [3.05, 3.63) is 0 Å². The van der Waals surface area contributed by atoms with Crippen LogP contribution < -0.4 is 0 Å². The molecular formula is C9H21NO. The quantitative estimate of drug-likeness (QED) is 0.622. The van der Waals surface area contributed by atoms with Crippen LogP contribution in [0.3, 0.4) is 0 Å². The minimum Gasteiger partial charge on any atom is -0.383 e. The van der Waals surface area contributed by atoms with Crippen LogP contribution in [-0.4, -0.2) is 37.2 Å². The normalized spacial score (nSPS) is 15.5. The second-order valence-electron chi connectivity index (χ2n) is 4.09. The first-order valence-electron chi connectivity index (χ1n) is 4.11. The van der Waals surface area contributed by atoms with Gasteiger partial charge in [0.25, 0.3) is 0 Å². The van der Waals surface area contributed by atoms with E-state index in [1.54, 1.807) is 7.11 Å². The zero-order valence-corrected chi connectivity index (χ0v) is 8.64. The Morgan fingerprint density at radius 1 is 1.36 bits per heavy atom. The Hall–Kier alpha value is -0.0800. The molecule has 0 aromatic rings. The molecule has 0 heterocycles. The maximum absolute atomic E-state index is 5.08. The average molecular weight is 159 g/mol. The summed E-state index contributed by atoms with van der Waals surface area (Å²) >= 11 is 0. The Balaban J connectivity index is 3.91. The van der Waals surface area contributed by atoms with Gasteiger partial charge in [-0.15, -0.1) is 0 Å². The molecule has 0 aliphatic heterocycles. The maximum atomic E-state index is 5.08. The number of nitrogens with zero attached hydrogens (tertiary/aromatic N) is 1. The molecule has 0 saturated carbocycles. The van der Waals surface area contributed by atoms with Gasteiger partial charge in [0, 0.05) is 18.7 Å². The highest BCUT2D eigenvalue weighted by molar-refractivity contribution is 4.77. The molecule has 0 amide bonds. The molecule has 0 aromatic carbocycles. The summed E-state index contributed by atoms with van der Waals surface area (Å²) in [5, 5.41) is 0. The summed E-state index contributed by atoms with van der Waals surface area (Å²) in [5.41, 5.74) is 0.234. The van der Waals surface area contributed by atoms with Crippen LogP contribution in [0.5, 0.6) is 0 Å². The SMILES string of the molecule is COC[C@H](C)N(C)C(C)(C)C. The third-order valence-corrected chi connectivity index (χ3v) is 2.13. The molecule has 68 valence electrons. The summed E-state index contributed by atoms with van der Waals surface area (Å²) < 4.78 is 5.08. The van der Waals surface area contributed by atoms with E-state index in [0.717, 1.165) is 6.61 Å². The standard InChI is InChI=1S/C9H21NO/c1-8(7-11-6)10(5)9(2,3)4/h8H,7H2,1-6H3/t8-/m0/s1. The van der Waals surface area contributed by atoms with Crippen LogP contribution in [0.4, 0.5) is 0 Å². The van der Waals surface area contributed by atoms with Crippen LogP contribution in [0, 0.1) is 0 Å². The van der Waals surface area contributed by atoms with E-state index < -0.39 is 0 Å². The lowest BCUT2D eigenvalue weighted by Gasteiger charge is -2.36. The van der Waals surface area contributed by atoms with Gasteiger partial charge in [-0.05, 0) is 34.7 Å². The molecule has 2 nitrogen and oxygen atoms in total. The fraction of sp³-hybridized carbons (Fsp3) is 1.00. The highest BCUT2D eigenvalue weighted by Gasteiger charge is 2.21. The zero-order chi connectivity index (χ0) is 9.07. The van der Waals surface area contributed by atoms with Gasteiger partial charge in [0.1, 0.15) is 0 Å². The van der Waals surface area contributed by atoms with Crippen molar-refractivity contribution in [3.63, 3.8) is 0 Å². The summed E-state index contributed by atoms with van der Waals surface area (Å²) in [6.45, 7) is 9.60. The van der Waals surface area contributed by atoms with Gasteiger partial charge >= 0.3 is 0 Å². The Morgan fingerprint density at radius 3 is 2.09 bits per heavy atom. The number of hydrogen-bond acceptors (Lipinski definition) is 2. The van der Waals surface area contributed by atoms with Crippen LogP contribution >= 0.6 is 0 Å². The van der Waals surface area contributed by atoms with Crippen molar-refractivity contribution >= 4 is 0 Å². The number of rotatable bonds is 3. The Bertz CT molecular complexity index is 107. The van der Waals surface area contributed by atoms with E-state index >= 15 is 0 Å². The number of hydrogen-bond donors (Lipinski definition) is 0. The molecule has 0 unspecified atom stereocenters. The van der Waals surface area contributed by atoms with Gasteiger partial charge in [0.05, 0.1) is 6.61 Å². The number of methoxy groups -OCH3 is 1. The van der Waals surface area contributed by atoms with Gasteiger partial charge in [-0.3, -0.25) is 4.90 Å². The van der Waals surface area contributed by atoms with E-state index in [2.05, 4.69) is 39.6 Å². The third-order valence-electron chi connectivity index (χ3n) is 2.13. The Labute approximate surface area is 70.5 Å². The van der Waals surface area contributed by atoms with Gasteiger partial charge in [0.2, 0.25) is 0 Å². The minimum absolute atomic E-state index is 0.234.